The van der Waals surface area contributed by atoms with Gasteiger partial charge < -0.3 is 19.7 Å². The highest BCUT2D eigenvalue weighted by Crippen LogP contribution is 2.31. The normalized spacial score (nSPS) is 13.4. The van der Waals surface area contributed by atoms with Crippen molar-refractivity contribution in [3.63, 3.8) is 0 Å². The van der Waals surface area contributed by atoms with Gasteiger partial charge in [0.05, 0.1) is 24.7 Å². The van der Waals surface area contributed by atoms with Crippen molar-refractivity contribution in [2.45, 2.75) is 44.4 Å². The fraction of sp³-hybridized carbons (Fsp3) is 0.600. The quantitative estimate of drug-likeness (QED) is 0.535. The first-order valence-electron chi connectivity index (χ1n) is 10.3. The Labute approximate surface area is 178 Å². The summed E-state index contributed by atoms with van der Waals surface area (Å²) in [6, 6.07) is 4.43. The maximum absolute atomic E-state index is 12.6. The van der Waals surface area contributed by atoms with Gasteiger partial charge in [-0.25, -0.2) is 13.1 Å². The lowest BCUT2D eigenvalue weighted by molar-refractivity contribution is -0.136. The Bertz CT molecular complexity index is 828. The Morgan fingerprint density at radius 1 is 1.07 bits per heavy atom. The first-order chi connectivity index (χ1) is 14.4. The van der Waals surface area contributed by atoms with Crippen molar-refractivity contribution in [3.8, 4) is 11.5 Å². The van der Waals surface area contributed by atoms with E-state index < -0.39 is 10.0 Å². The summed E-state index contributed by atoms with van der Waals surface area (Å²) in [5.74, 6) is 0.410. The molecule has 0 aromatic heterocycles. The van der Waals surface area contributed by atoms with Crippen LogP contribution >= 0.6 is 0 Å². The fourth-order valence-corrected chi connectivity index (χ4v) is 3.95. The first-order valence-corrected chi connectivity index (χ1v) is 11.8. The zero-order valence-corrected chi connectivity index (χ0v) is 18.4. The highest BCUT2D eigenvalue weighted by molar-refractivity contribution is 7.89. The standard InChI is InChI=1S/C20H31N3O6S/c1-3-9-21-19(24)15-23(11-4-2)20(25)8-10-22-30(26,27)16-6-7-17-18(14-16)29-13-5-12-28-17/h6-7,14,22H,3-5,8-13,15H2,1-2H3,(H,21,24). The third-order valence-electron chi connectivity index (χ3n) is 4.41. The van der Waals surface area contributed by atoms with Gasteiger partial charge in [-0.3, -0.25) is 9.59 Å². The van der Waals surface area contributed by atoms with Crippen LogP contribution in [0.1, 0.15) is 39.5 Å². The first kappa shape index (κ1) is 23.9. The van der Waals surface area contributed by atoms with Gasteiger partial charge in [0.1, 0.15) is 0 Å². The number of benzene rings is 1. The van der Waals surface area contributed by atoms with Crippen LogP contribution in [0.4, 0.5) is 0 Å². The van der Waals surface area contributed by atoms with Crippen LogP contribution in [0.2, 0.25) is 0 Å². The van der Waals surface area contributed by atoms with E-state index in [1.807, 2.05) is 13.8 Å². The number of hydrogen-bond acceptors (Lipinski definition) is 6. The summed E-state index contributed by atoms with van der Waals surface area (Å²) in [7, 11) is -3.81. The molecule has 1 heterocycles. The van der Waals surface area contributed by atoms with E-state index in [2.05, 4.69) is 10.0 Å². The molecule has 1 aliphatic heterocycles. The molecule has 0 bridgehead atoms. The third kappa shape index (κ3) is 7.17. The van der Waals surface area contributed by atoms with Gasteiger partial charge in [-0.1, -0.05) is 13.8 Å². The molecule has 0 aliphatic carbocycles. The van der Waals surface area contributed by atoms with Crippen LogP contribution in [0.3, 0.4) is 0 Å². The number of fused-ring (bicyclic) bond motifs is 1. The molecule has 0 radical (unpaired) electrons. The molecule has 168 valence electrons. The molecule has 1 aromatic rings. The van der Waals surface area contributed by atoms with Crippen molar-refractivity contribution in [1.29, 1.82) is 0 Å². The van der Waals surface area contributed by atoms with Gasteiger partial charge in [-0.05, 0) is 25.0 Å². The molecule has 2 amide bonds. The molecule has 0 unspecified atom stereocenters. The van der Waals surface area contributed by atoms with Gasteiger partial charge in [0.25, 0.3) is 0 Å². The van der Waals surface area contributed by atoms with Gasteiger partial charge in [0.15, 0.2) is 11.5 Å². The molecule has 1 aromatic carbocycles. The van der Waals surface area contributed by atoms with Crippen LogP contribution in [0.15, 0.2) is 23.1 Å². The van der Waals surface area contributed by atoms with Gasteiger partial charge >= 0.3 is 0 Å². The summed E-state index contributed by atoms with van der Waals surface area (Å²) in [5, 5.41) is 2.74. The molecule has 10 heteroatoms. The Morgan fingerprint density at radius 3 is 2.50 bits per heavy atom. The largest absolute Gasteiger partial charge is 0.490 e. The van der Waals surface area contributed by atoms with Crippen molar-refractivity contribution in [2.75, 3.05) is 39.4 Å². The van der Waals surface area contributed by atoms with Crippen LogP contribution in [0.5, 0.6) is 11.5 Å². The molecular weight excluding hydrogens is 410 g/mol. The number of hydrogen-bond donors (Lipinski definition) is 2. The molecule has 0 saturated carbocycles. The third-order valence-corrected chi connectivity index (χ3v) is 5.87. The van der Waals surface area contributed by atoms with Gasteiger partial charge in [-0.15, -0.1) is 0 Å². The second kappa shape index (κ2) is 11.8. The van der Waals surface area contributed by atoms with E-state index in [0.717, 1.165) is 12.8 Å². The Hall–Kier alpha value is -2.33. The van der Waals surface area contributed by atoms with Crippen LogP contribution in [-0.4, -0.2) is 64.5 Å². The Kier molecular flexibility index (Phi) is 9.38. The van der Waals surface area contributed by atoms with Gasteiger partial charge in [0.2, 0.25) is 21.8 Å². The molecule has 30 heavy (non-hydrogen) atoms. The van der Waals surface area contributed by atoms with Crippen LogP contribution in [-0.2, 0) is 19.6 Å². The van der Waals surface area contributed by atoms with Crippen LogP contribution in [0.25, 0.3) is 0 Å². The molecule has 0 spiro atoms. The van der Waals surface area contributed by atoms with E-state index in [1.54, 1.807) is 6.07 Å². The zero-order chi connectivity index (χ0) is 22.0. The number of amides is 2. The SMILES string of the molecule is CCCNC(=O)CN(CCC)C(=O)CCNS(=O)(=O)c1ccc2c(c1)OCCCO2. The summed E-state index contributed by atoms with van der Waals surface area (Å²) in [4.78, 5) is 25.9. The van der Waals surface area contributed by atoms with E-state index in [4.69, 9.17) is 9.47 Å². The molecule has 2 rings (SSSR count). The number of carbonyl (C=O) groups excluding carboxylic acids is 2. The van der Waals surface area contributed by atoms with E-state index in [9.17, 15) is 18.0 Å². The highest BCUT2D eigenvalue weighted by Gasteiger charge is 2.20. The predicted molar refractivity (Wildman–Crippen MR) is 112 cm³/mol. The maximum atomic E-state index is 12.6. The number of nitrogens with one attached hydrogen (secondary N) is 2. The van der Waals surface area contributed by atoms with E-state index in [-0.39, 0.29) is 36.2 Å². The average molecular weight is 442 g/mol. The lowest BCUT2D eigenvalue weighted by atomic mass is 10.3. The smallest absolute Gasteiger partial charge is 0.240 e. The number of ether oxygens (including phenoxy) is 2. The number of carbonyl (C=O) groups is 2. The Balaban J connectivity index is 1.92. The summed E-state index contributed by atoms with van der Waals surface area (Å²) in [6.07, 6.45) is 2.21. The van der Waals surface area contributed by atoms with Crippen LogP contribution in [0, 0.1) is 0 Å². The monoisotopic (exact) mass is 441 g/mol. The minimum absolute atomic E-state index is 0.0262. The summed E-state index contributed by atoms with van der Waals surface area (Å²) in [5.41, 5.74) is 0. The van der Waals surface area contributed by atoms with Gasteiger partial charge in [0, 0.05) is 38.5 Å². The van der Waals surface area contributed by atoms with Crippen molar-refractivity contribution in [1.82, 2.24) is 14.9 Å². The molecule has 9 nitrogen and oxygen atoms in total. The van der Waals surface area contributed by atoms with Crippen LogP contribution < -0.4 is 19.5 Å². The molecule has 0 fully saturated rings. The zero-order valence-electron chi connectivity index (χ0n) is 17.6. The van der Waals surface area contributed by atoms with E-state index in [0.29, 0.717) is 44.2 Å². The Morgan fingerprint density at radius 2 is 1.80 bits per heavy atom. The molecule has 1 aliphatic rings. The second-order valence-electron chi connectivity index (χ2n) is 6.97. The highest BCUT2D eigenvalue weighted by atomic mass is 32.2. The fourth-order valence-electron chi connectivity index (χ4n) is 2.90. The number of rotatable bonds is 11. The summed E-state index contributed by atoms with van der Waals surface area (Å²) in [6.45, 7) is 5.74. The molecule has 0 saturated heterocycles. The summed E-state index contributed by atoms with van der Waals surface area (Å²) >= 11 is 0. The minimum atomic E-state index is -3.81. The molecule has 2 N–H and O–H groups in total. The van der Waals surface area contributed by atoms with E-state index >= 15 is 0 Å². The summed E-state index contributed by atoms with van der Waals surface area (Å²) < 4.78 is 38.6. The molecular formula is C20H31N3O6S. The maximum Gasteiger partial charge on any atom is 0.240 e. The lowest BCUT2D eigenvalue weighted by Crippen LogP contribution is -2.42. The van der Waals surface area contributed by atoms with Crippen molar-refractivity contribution < 1.29 is 27.5 Å². The van der Waals surface area contributed by atoms with E-state index in [1.165, 1.54) is 17.0 Å². The average Bonchev–Trinajstić information content (AvgIpc) is 2.96. The predicted octanol–water partition coefficient (Wildman–Crippen LogP) is 1.28. The second-order valence-corrected chi connectivity index (χ2v) is 8.74. The number of nitrogens with zero attached hydrogens (tertiary/aromatic N) is 1. The molecule has 0 atom stereocenters. The van der Waals surface area contributed by atoms with Crippen molar-refractivity contribution in [2.24, 2.45) is 0 Å². The topological polar surface area (TPSA) is 114 Å². The lowest BCUT2D eigenvalue weighted by Gasteiger charge is -2.21. The van der Waals surface area contributed by atoms with Crippen molar-refractivity contribution in [3.05, 3.63) is 18.2 Å². The van der Waals surface area contributed by atoms with Crippen molar-refractivity contribution >= 4 is 21.8 Å². The minimum Gasteiger partial charge on any atom is -0.490 e. The number of sulfonamides is 1. The van der Waals surface area contributed by atoms with Gasteiger partial charge in [-0.2, -0.15) is 0 Å².